The summed E-state index contributed by atoms with van der Waals surface area (Å²) >= 11 is 0. The molecule has 1 aliphatic carbocycles. The molecule has 2 N–H and O–H groups in total. The van der Waals surface area contributed by atoms with Gasteiger partial charge in [0.2, 0.25) is 0 Å². The molecule has 2 atom stereocenters. The molecule has 4 rings (SSSR count). The second-order valence-electron chi connectivity index (χ2n) is 8.49. The largest absolute Gasteiger partial charge is 0.395 e. The molecule has 0 saturated heterocycles. The molecule has 0 fully saturated rings. The van der Waals surface area contributed by atoms with Crippen LogP contribution in [-0.4, -0.2) is 43.4 Å². The van der Waals surface area contributed by atoms with Gasteiger partial charge in [-0.3, -0.25) is 0 Å². The van der Waals surface area contributed by atoms with E-state index in [4.69, 9.17) is 5.11 Å². The number of aliphatic hydroxyl groups is 1. The average molecular weight is 418 g/mol. The van der Waals surface area contributed by atoms with Crippen LogP contribution in [0.15, 0.2) is 77.9 Å². The number of benzene rings is 1. The van der Waals surface area contributed by atoms with Gasteiger partial charge in [0.1, 0.15) is 12.0 Å². The smallest absolute Gasteiger partial charge is 0.139 e. The third kappa shape index (κ3) is 4.60. The van der Waals surface area contributed by atoms with Crippen LogP contribution in [-0.2, 0) is 0 Å². The van der Waals surface area contributed by atoms with Crippen LogP contribution in [0.1, 0.15) is 18.9 Å². The second kappa shape index (κ2) is 8.49. The van der Waals surface area contributed by atoms with E-state index in [0.717, 1.165) is 23.4 Å². The first-order chi connectivity index (χ1) is 14.9. The van der Waals surface area contributed by atoms with E-state index in [1.807, 2.05) is 30.0 Å². The Morgan fingerprint density at radius 2 is 2.06 bits per heavy atom. The Bertz CT molecular complexity index is 1070. The molecule has 1 aromatic carbocycles. The number of aliphatic hydroxyl groups excluding tert-OH is 1. The zero-order valence-corrected chi connectivity index (χ0v) is 18.2. The summed E-state index contributed by atoms with van der Waals surface area (Å²) in [5, 5.41) is 12.4. The highest BCUT2D eigenvalue weighted by Gasteiger charge is 2.27. The molecule has 4 nitrogen and oxygen atoms in total. The molecule has 2 unspecified atom stereocenters. The van der Waals surface area contributed by atoms with Crippen molar-refractivity contribution in [2.75, 3.05) is 32.1 Å². The molecule has 0 aromatic heterocycles. The first-order valence-corrected chi connectivity index (χ1v) is 10.5. The number of allylic oxidation sites excluding steroid dienone is 7. The van der Waals surface area contributed by atoms with Crippen molar-refractivity contribution in [1.29, 1.82) is 0 Å². The highest BCUT2D eigenvalue weighted by Crippen LogP contribution is 2.33. The molecule has 3 aliphatic rings. The lowest BCUT2D eigenvalue weighted by molar-refractivity contribution is 0.304. The summed E-state index contributed by atoms with van der Waals surface area (Å²) in [4.78, 5) is 3.85. The molecule has 2 aliphatic heterocycles. The molecule has 2 heterocycles. The van der Waals surface area contributed by atoms with Crippen molar-refractivity contribution in [3.05, 3.63) is 83.5 Å². The van der Waals surface area contributed by atoms with Gasteiger partial charge in [-0.25, -0.2) is 4.39 Å². The third-order valence-corrected chi connectivity index (χ3v) is 5.89. The minimum Gasteiger partial charge on any atom is -0.395 e. The van der Waals surface area contributed by atoms with Gasteiger partial charge in [-0.15, -0.1) is 0 Å². The van der Waals surface area contributed by atoms with Gasteiger partial charge in [-0.2, -0.15) is 0 Å². The number of halogens is 1. The number of nitrogens with zero attached hydrogens (tertiary/aromatic N) is 2. The van der Waals surface area contributed by atoms with Crippen molar-refractivity contribution in [3.63, 3.8) is 0 Å². The third-order valence-electron chi connectivity index (χ3n) is 5.89. The first-order valence-electron chi connectivity index (χ1n) is 10.5. The standard InChI is InChI=1S/C26H28FN3O/c1-26(13-10-23-17-21-16-22(27)18-30(3)25(21)28-23)11-8-20(9-12-26)19-4-6-24(7-5-19)29(2)14-15-31/h4-9,11,16-18,25,28,31H,12,14-15H2,1-3H3. The number of hydrogen-bond acceptors (Lipinski definition) is 4. The first kappa shape index (κ1) is 21.0. The number of fused-ring (bicyclic) bond motifs is 1. The van der Waals surface area contributed by atoms with Crippen LogP contribution >= 0.6 is 0 Å². The molecular formula is C26H28FN3O. The summed E-state index contributed by atoms with van der Waals surface area (Å²) in [7, 11) is 3.82. The summed E-state index contributed by atoms with van der Waals surface area (Å²) < 4.78 is 13.6. The van der Waals surface area contributed by atoms with E-state index >= 15 is 0 Å². The lowest BCUT2D eigenvalue weighted by Crippen LogP contribution is -2.39. The monoisotopic (exact) mass is 417 g/mol. The number of likely N-dealkylation sites (N-methyl/N-ethyl adjacent to an activating group) is 2. The lowest BCUT2D eigenvalue weighted by Gasteiger charge is -2.27. The Balaban J connectivity index is 1.43. The van der Waals surface area contributed by atoms with Gasteiger partial charge in [-0.1, -0.05) is 36.3 Å². The predicted octanol–water partition coefficient (Wildman–Crippen LogP) is 3.96. The molecule has 0 radical (unpaired) electrons. The van der Waals surface area contributed by atoms with E-state index in [0.29, 0.717) is 6.54 Å². The van der Waals surface area contributed by atoms with Crippen LogP contribution in [0.2, 0.25) is 0 Å². The second-order valence-corrected chi connectivity index (χ2v) is 8.49. The van der Waals surface area contributed by atoms with Crippen molar-refractivity contribution in [1.82, 2.24) is 10.2 Å². The fraction of sp³-hybridized carbons (Fsp3) is 0.308. The Labute approximate surface area is 183 Å². The molecule has 0 spiro atoms. The van der Waals surface area contributed by atoms with Crippen LogP contribution in [0.5, 0.6) is 0 Å². The Kier molecular flexibility index (Phi) is 5.75. The van der Waals surface area contributed by atoms with E-state index in [1.54, 1.807) is 6.08 Å². The van der Waals surface area contributed by atoms with Crippen LogP contribution < -0.4 is 10.2 Å². The minimum atomic E-state index is -0.245. The summed E-state index contributed by atoms with van der Waals surface area (Å²) in [5.74, 6) is 6.40. The van der Waals surface area contributed by atoms with Gasteiger partial charge in [-0.05, 0) is 54.7 Å². The zero-order valence-electron chi connectivity index (χ0n) is 18.2. The van der Waals surface area contributed by atoms with Crippen molar-refractivity contribution in [3.8, 4) is 11.8 Å². The molecule has 0 amide bonds. The van der Waals surface area contributed by atoms with Crippen LogP contribution in [0.4, 0.5) is 10.1 Å². The van der Waals surface area contributed by atoms with Crippen molar-refractivity contribution < 1.29 is 9.50 Å². The number of rotatable bonds is 4. The maximum absolute atomic E-state index is 13.6. The molecule has 0 bridgehead atoms. The average Bonchev–Trinajstić information content (AvgIpc) is 3.17. The molecule has 160 valence electrons. The number of anilines is 1. The number of hydrogen-bond donors (Lipinski definition) is 2. The van der Waals surface area contributed by atoms with E-state index in [-0.39, 0.29) is 24.0 Å². The Hall–Kier alpha value is -3.23. The minimum absolute atomic E-state index is 0.0515. The van der Waals surface area contributed by atoms with E-state index in [9.17, 15) is 4.39 Å². The summed E-state index contributed by atoms with van der Waals surface area (Å²) in [6.07, 6.45) is 12.3. The zero-order chi connectivity index (χ0) is 22.0. The molecule has 0 saturated carbocycles. The SMILES string of the molecule is CN(CCO)c1ccc(C2=CCC(C)(C#CC3=CC4=CC(F)=CN(C)C4N3)C=C2)cc1. The van der Waals surface area contributed by atoms with Crippen LogP contribution in [0.25, 0.3) is 5.57 Å². The van der Waals surface area contributed by atoms with Crippen LogP contribution in [0, 0.1) is 17.3 Å². The highest BCUT2D eigenvalue weighted by molar-refractivity contribution is 5.76. The van der Waals surface area contributed by atoms with Crippen molar-refractivity contribution in [2.24, 2.45) is 5.41 Å². The van der Waals surface area contributed by atoms with Gasteiger partial charge in [0.25, 0.3) is 0 Å². The van der Waals surface area contributed by atoms with E-state index < -0.39 is 0 Å². The molecule has 31 heavy (non-hydrogen) atoms. The van der Waals surface area contributed by atoms with Gasteiger partial charge in [0.15, 0.2) is 0 Å². The Morgan fingerprint density at radius 3 is 2.74 bits per heavy atom. The Morgan fingerprint density at radius 1 is 1.29 bits per heavy atom. The van der Waals surface area contributed by atoms with Crippen LogP contribution in [0.3, 0.4) is 0 Å². The normalized spacial score (nSPS) is 24.2. The molecule has 1 aromatic rings. The topological polar surface area (TPSA) is 38.7 Å². The van der Waals surface area contributed by atoms with E-state index in [1.165, 1.54) is 17.3 Å². The van der Waals surface area contributed by atoms with Crippen molar-refractivity contribution in [2.45, 2.75) is 19.5 Å². The summed E-state index contributed by atoms with van der Waals surface area (Å²) in [6.45, 7) is 2.89. The van der Waals surface area contributed by atoms with Crippen molar-refractivity contribution >= 4 is 11.3 Å². The highest BCUT2D eigenvalue weighted by atomic mass is 19.1. The summed E-state index contributed by atoms with van der Waals surface area (Å²) in [5.41, 5.74) is 4.91. The molecular weight excluding hydrogens is 389 g/mol. The van der Waals surface area contributed by atoms with Gasteiger partial charge >= 0.3 is 0 Å². The van der Waals surface area contributed by atoms with E-state index in [2.05, 4.69) is 66.6 Å². The number of nitrogens with one attached hydrogen (secondary N) is 1. The van der Waals surface area contributed by atoms with Gasteiger partial charge in [0.05, 0.1) is 17.7 Å². The molecule has 5 heteroatoms. The maximum atomic E-state index is 13.6. The van der Waals surface area contributed by atoms with Gasteiger partial charge < -0.3 is 20.2 Å². The maximum Gasteiger partial charge on any atom is 0.139 e. The van der Waals surface area contributed by atoms with Gasteiger partial charge in [0, 0.05) is 38.1 Å². The fourth-order valence-corrected chi connectivity index (χ4v) is 3.95. The fourth-order valence-electron chi connectivity index (χ4n) is 3.95. The predicted molar refractivity (Wildman–Crippen MR) is 124 cm³/mol. The lowest BCUT2D eigenvalue weighted by atomic mass is 9.81. The quantitative estimate of drug-likeness (QED) is 0.728. The summed E-state index contributed by atoms with van der Waals surface area (Å²) in [6, 6.07) is 8.38.